The largest absolute Gasteiger partial charge is 0.388 e. The first kappa shape index (κ1) is 7.41. The van der Waals surface area contributed by atoms with Crippen LogP contribution in [0.2, 0.25) is 0 Å². The molecule has 0 aromatic heterocycles. The number of rotatable bonds is 2. The molecule has 0 spiro atoms. The van der Waals surface area contributed by atoms with Crippen molar-refractivity contribution in [2.24, 2.45) is 0 Å². The molecule has 0 bridgehead atoms. The fourth-order valence-electron chi connectivity index (χ4n) is 0.139. The predicted octanol–water partition coefficient (Wildman–Crippen LogP) is 0.0711. The molecule has 42 valence electrons. The van der Waals surface area contributed by atoms with Crippen molar-refractivity contribution in [3.8, 4) is 0 Å². The van der Waals surface area contributed by atoms with Gasteiger partial charge < -0.3 is 5.11 Å². The first-order valence-corrected chi connectivity index (χ1v) is 3.58. The van der Waals surface area contributed by atoms with Crippen molar-refractivity contribution < 1.29 is 9.90 Å². The molecule has 4 heteroatoms. The van der Waals surface area contributed by atoms with E-state index in [1.54, 1.807) is 0 Å². The second kappa shape index (κ2) is 4.57. The van der Waals surface area contributed by atoms with Crippen molar-refractivity contribution in [1.29, 1.82) is 0 Å². The molecule has 0 aromatic rings. The average Bonchev–Trinajstić information content (AvgIpc) is 1.68. The highest BCUT2D eigenvalue weighted by molar-refractivity contribution is 8.15. The monoisotopic (exact) mass is 138 g/mol. The molecule has 0 radical (unpaired) electrons. The molecule has 0 aliphatic rings. The van der Waals surface area contributed by atoms with E-state index in [1.807, 2.05) is 0 Å². The molecule has 7 heavy (non-hydrogen) atoms. The molecular weight excluding hydrogens is 131 g/mol. The molecule has 0 saturated heterocycles. The minimum absolute atomic E-state index is 0.171. The van der Waals surface area contributed by atoms with Crippen LogP contribution >= 0.6 is 21.0 Å². The van der Waals surface area contributed by atoms with Crippen LogP contribution in [-0.2, 0) is 4.79 Å². The Morgan fingerprint density at radius 2 is 2.43 bits per heavy atom. The average molecular weight is 138 g/mol. The van der Waals surface area contributed by atoms with Crippen molar-refractivity contribution >= 4 is 26.1 Å². The third kappa shape index (κ3) is 4.26. The van der Waals surface area contributed by atoms with Crippen molar-refractivity contribution in [2.45, 2.75) is 0 Å². The number of carbonyl (C=O) groups is 1. The van der Waals surface area contributed by atoms with Gasteiger partial charge in [0.15, 0.2) is 0 Å². The Balaban J connectivity index is 3.00. The van der Waals surface area contributed by atoms with Gasteiger partial charge in [0.1, 0.15) is 6.61 Å². The van der Waals surface area contributed by atoms with Crippen molar-refractivity contribution in [2.75, 3.05) is 12.1 Å². The summed E-state index contributed by atoms with van der Waals surface area (Å²) in [6.07, 6.45) is 0. The lowest BCUT2D eigenvalue weighted by atomic mass is 10.8. The standard InChI is InChI=1S/C3H7O2PS/c4-1-3(5)7-2-6/h4H,1-2,6H2. The Labute approximate surface area is 48.9 Å². The molecule has 1 atom stereocenters. The van der Waals surface area contributed by atoms with Crippen LogP contribution in [-0.4, -0.2) is 22.3 Å². The third-order valence-corrected chi connectivity index (χ3v) is 1.49. The highest BCUT2D eigenvalue weighted by Crippen LogP contribution is 2.03. The summed E-state index contributed by atoms with van der Waals surface area (Å²) in [7, 11) is 2.38. The second-order valence-electron chi connectivity index (χ2n) is 0.841. The number of hydrogen-bond acceptors (Lipinski definition) is 3. The van der Waals surface area contributed by atoms with Crippen molar-refractivity contribution in [3.05, 3.63) is 0 Å². The fraction of sp³-hybridized carbons (Fsp3) is 0.667. The third-order valence-electron chi connectivity index (χ3n) is 0.373. The first-order valence-electron chi connectivity index (χ1n) is 1.77. The minimum atomic E-state index is -0.348. The normalized spacial score (nSPS) is 8.86. The highest BCUT2D eigenvalue weighted by atomic mass is 32.2. The zero-order valence-corrected chi connectivity index (χ0v) is 5.73. The summed E-state index contributed by atoms with van der Waals surface area (Å²) >= 11 is 1.11. The van der Waals surface area contributed by atoms with E-state index in [2.05, 4.69) is 9.24 Å². The van der Waals surface area contributed by atoms with E-state index < -0.39 is 0 Å². The van der Waals surface area contributed by atoms with E-state index in [9.17, 15) is 4.79 Å². The topological polar surface area (TPSA) is 37.3 Å². The lowest BCUT2D eigenvalue weighted by Gasteiger charge is -1.86. The molecule has 0 amide bonds. The van der Waals surface area contributed by atoms with E-state index in [1.165, 1.54) is 0 Å². The van der Waals surface area contributed by atoms with Gasteiger partial charge in [-0.25, -0.2) is 0 Å². The van der Waals surface area contributed by atoms with E-state index in [-0.39, 0.29) is 11.7 Å². The van der Waals surface area contributed by atoms with Gasteiger partial charge in [0.25, 0.3) is 0 Å². The molecule has 0 aliphatic carbocycles. The van der Waals surface area contributed by atoms with Gasteiger partial charge in [-0.15, -0.1) is 9.24 Å². The van der Waals surface area contributed by atoms with E-state index >= 15 is 0 Å². The molecule has 0 fully saturated rings. The summed E-state index contributed by atoms with van der Waals surface area (Å²) in [5, 5.41) is 7.91. The molecule has 0 saturated carbocycles. The van der Waals surface area contributed by atoms with Gasteiger partial charge in [-0.3, -0.25) is 4.79 Å². The maximum absolute atomic E-state index is 10.1. The van der Waals surface area contributed by atoms with E-state index in [4.69, 9.17) is 5.11 Å². The Morgan fingerprint density at radius 1 is 1.86 bits per heavy atom. The lowest BCUT2D eigenvalue weighted by molar-refractivity contribution is -0.113. The fourth-order valence-corrected chi connectivity index (χ4v) is 0.973. The van der Waals surface area contributed by atoms with Crippen LogP contribution < -0.4 is 0 Å². The van der Waals surface area contributed by atoms with Gasteiger partial charge >= 0.3 is 0 Å². The summed E-state index contributed by atoms with van der Waals surface area (Å²) in [6, 6.07) is 0. The molecule has 0 aliphatic heterocycles. The first-order chi connectivity index (χ1) is 3.31. The summed E-state index contributed by atoms with van der Waals surface area (Å²) in [5.74, 6) is 0. The van der Waals surface area contributed by atoms with Gasteiger partial charge in [-0.05, 0) is 0 Å². The Hall–Kier alpha value is 0.410. The quantitative estimate of drug-likeness (QED) is 0.549. The van der Waals surface area contributed by atoms with Crippen LogP contribution in [0.5, 0.6) is 0 Å². The summed E-state index contributed by atoms with van der Waals surface area (Å²) in [6.45, 7) is -0.348. The van der Waals surface area contributed by atoms with Crippen molar-refractivity contribution in [3.63, 3.8) is 0 Å². The Bertz CT molecular complexity index is 66.0. The van der Waals surface area contributed by atoms with Gasteiger partial charge in [-0.1, -0.05) is 11.8 Å². The molecular formula is C3H7O2PS. The van der Waals surface area contributed by atoms with Gasteiger partial charge in [0.2, 0.25) is 5.12 Å². The van der Waals surface area contributed by atoms with Gasteiger partial charge in [0, 0.05) is 5.49 Å². The molecule has 0 rings (SSSR count). The zero-order chi connectivity index (χ0) is 5.70. The van der Waals surface area contributed by atoms with Crippen LogP contribution in [0.3, 0.4) is 0 Å². The maximum Gasteiger partial charge on any atom is 0.214 e. The highest BCUT2D eigenvalue weighted by Gasteiger charge is 1.93. The predicted molar refractivity (Wildman–Crippen MR) is 34.3 cm³/mol. The van der Waals surface area contributed by atoms with Crippen LogP contribution in [0, 0.1) is 0 Å². The smallest absolute Gasteiger partial charge is 0.214 e. The summed E-state index contributed by atoms with van der Waals surface area (Å²) < 4.78 is 0. The zero-order valence-electron chi connectivity index (χ0n) is 3.76. The number of thioether (sulfide) groups is 1. The van der Waals surface area contributed by atoms with Crippen LogP contribution in [0.1, 0.15) is 0 Å². The molecule has 0 heterocycles. The summed E-state index contributed by atoms with van der Waals surface area (Å²) in [5.41, 5.74) is 0.666. The number of carbonyl (C=O) groups excluding carboxylic acids is 1. The maximum atomic E-state index is 10.1. The van der Waals surface area contributed by atoms with Gasteiger partial charge in [-0.2, -0.15) is 0 Å². The molecule has 1 N–H and O–H groups in total. The van der Waals surface area contributed by atoms with Crippen molar-refractivity contribution in [1.82, 2.24) is 0 Å². The minimum Gasteiger partial charge on any atom is -0.388 e. The molecule has 1 unspecified atom stereocenters. The van der Waals surface area contributed by atoms with E-state index in [0.717, 1.165) is 11.8 Å². The number of hydrogen-bond donors (Lipinski definition) is 1. The van der Waals surface area contributed by atoms with E-state index in [0.29, 0.717) is 5.49 Å². The van der Waals surface area contributed by atoms with Gasteiger partial charge in [0.05, 0.1) is 0 Å². The Morgan fingerprint density at radius 3 is 2.57 bits per heavy atom. The molecule has 0 aromatic carbocycles. The number of aliphatic hydroxyl groups excluding tert-OH is 1. The summed E-state index contributed by atoms with van der Waals surface area (Å²) in [4.78, 5) is 10.1. The number of aliphatic hydroxyl groups is 1. The molecule has 2 nitrogen and oxygen atoms in total. The SMILES string of the molecule is O=C(CO)SCP. The van der Waals surface area contributed by atoms with Crippen LogP contribution in [0.4, 0.5) is 0 Å². The Kier molecular flexibility index (Phi) is 4.83. The lowest BCUT2D eigenvalue weighted by Crippen LogP contribution is -1.95. The second-order valence-corrected chi connectivity index (χ2v) is 2.92. The van der Waals surface area contributed by atoms with Crippen LogP contribution in [0.25, 0.3) is 0 Å². The van der Waals surface area contributed by atoms with Crippen LogP contribution in [0.15, 0.2) is 0 Å².